The van der Waals surface area contributed by atoms with Gasteiger partial charge in [0, 0.05) is 38.8 Å². The van der Waals surface area contributed by atoms with Crippen LogP contribution in [0.15, 0.2) is 24.3 Å². The summed E-state index contributed by atoms with van der Waals surface area (Å²) < 4.78 is 16.8. The minimum absolute atomic E-state index is 0.178. The Kier molecular flexibility index (Phi) is 5.01. The molecule has 0 aromatic heterocycles. The lowest BCUT2D eigenvalue weighted by molar-refractivity contribution is -0.149. The molecule has 2 saturated heterocycles. The molecular formula is C18H27NO3. The lowest BCUT2D eigenvalue weighted by Gasteiger charge is -2.50. The van der Waals surface area contributed by atoms with Gasteiger partial charge in [0.2, 0.25) is 0 Å². The quantitative estimate of drug-likeness (QED) is 0.837. The lowest BCUT2D eigenvalue weighted by atomic mass is 9.73. The molecule has 4 nitrogen and oxygen atoms in total. The molecule has 22 heavy (non-hydrogen) atoms. The Labute approximate surface area is 133 Å². The molecule has 0 N–H and O–H groups in total. The molecule has 1 aromatic rings. The molecule has 0 saturated carbocycles. The molecule has 4 heteroatoms. The molecule has 3 rings (SSSR count). The van der Waals surface area contributed by atoms with E-state index in [-0.39, 0.29) is 5.41 Å². The van der Waals surface area contributed by atoms with Gasteiger partial charge in [-0.15, -0.1) is 0 Å². The van der Waals surface area contributed by atoms with Crippen molar-refractivity contribution < 1.29 is 14.2 Å². The molecule has 0 spiro atoms. The molecule has 2 aliphatic rings. The Balaban J connectivity index is 1.67. The van der Waals surface area contributed by atoms with Gasteiger partial charge in [-0.05, 0) is 37.0 Å². The summed E-state index contributed by atoms with van der Waals surface area (Å²) in [6, 6.07) is 8.39. The maximum atomic E-state index is 6.04. The minimum Gasteiger partial charge on any atom is -0.497 e. The van der Waals surface area contributed by atoms with Gasteiger partial charge < -0.3 is 14.2 Å². The fraction of sp³-hybridized carbons (Fsp3) is 0.667. The van der Waals surface area contributed by atoms with Crippen molar-refractivity contribution in [3.63, 3.8) is 0 Å². The Hall–Kier alpha value is -1.10. The Morgan fingerprint density at radius 2 is 2.09 bits per heavy atom. The monoisotopic (exact) mass is 305 g/mol. The average Bonchev–Trinajstić information content (AvgIpc) is 2.55. The number of fused-ring (bicyclic) bond motifs is 1. The third-order valence-corrected chi connectivity index (χ3v) is 5.06. The van der Waals surface area contributed by atoms with Crippen LogP contribution < -0.4 is 4.74 Å². The second kappa shape index (κ2) is 6.99. The topological polar surface area (TPSA) is 30.9 Å². The van der Waals surface area contributed by atoms with Crippen LogP contribution >= 0.6 is 0 Å². The van der Waals surface area contributed by atoms with Crippen molar-refractivity contribution in [1.29, 1.82) is 0 Å². The molecule has 1 aromatic carbocycles. The van der Waals surface area contributed by atoms with Gasteiger partial charge in [0.25, 0.3) is 0 Å². The standard InChI is InChI=1S/C18H27NO3/c1-20-14-18-9-3-11-22-17(18)8-10-19(13-18)12-15-4-6-16(21-2)7-5-15/h4-7,17H,3,8-14H2,1-2H3/t17-,18+/m0/s1. The maximum Gasteiger partial charge on any atom is 0.118 e. The zero-order chi connectivity index (χ0) is 15.4. The molecule has 2 heterocycles. The van der Waals surface area contributed by atoms with Crippen LogP contribution in [0, 0.1) is 5.41 Å². The van der Waals surface area contributed by atoms with Crippen LogP contribution in [-0.2, 0) is 16.0 Å². The third kappa shape index (κ3) is 3.29. The van der Waals surface area contributed by atoms with Gasteiger partial charge in [-0.25, -0.2) is 0 Å². The van der Waals surface area contributed by atoms with Gasteiger partial charge in [0.1, 0.15) is 5.75 Å². The third-order valence-electron chi connectivity index (χ3n) is 5.06. The van der Waals surface area contributed by atoms with Crippen molar-refractivity contribution >= 4 is 0 Å². The van der Waals surface area contributed by atoms with E-state index in [1.54, 1.807) is 7.11 Å². The van der Waals surface area contributed by atoms with Crippen LogP contribution in [0.5, 0.6) is 5.75 Å². The number of benzene rings is 1. The molecule has 2 aliphatic heterocycles. The van der Waals surface area contributed by atoms with E-state index in [1.807, 2.05) is 19.2 Å². The molecule has 0 radical (unpaired) electrons. The molecule has 122 valence electrons. The molecule has 0 aliphatic carbocycles. The Morgan fingerprint density at radius 1 is 1.27 bits per heavy atom. The van der Waals surface area contributed by atoms with Crippen LogP contribution in [0.4, 0.5) is 0 Å². The van der Waals surface area contributed by atoms with Gasteiger partial charge in [-0.1, -0.05) is 12.1 Å². The number of piperidine rings is 1. The van der Waals surface area contributed by atoms with Crippen LogP contribution in [0.1, 0.15) is 24.8 Å². The fourth-order valence-corrected chi connectivity index (χ4v) is 4.00. The number of ether oxygens (including phenoxy) is 3. The predicted molar refractivity (Wildman–Crippen MR) is 86.2 cm³/mol. The SMILES string of the molecule is COC[C@]12CCCO[C@H]1CCN(Cc1ccc(OC)cc1)C2. The summed E-state index contributed by atoms with van der Waals surface area (Å²) in [6.07, 6.45) is 3.84. The van der Waals surface area contributed by atoms with Crippen LogP contribution in [0.25, 0.3) is 0 Å². The maximum absolute atomic E-state index is 6.04. The molecule has 0 bridgehead atoms. The molecule has 0 unspecified atom stereocenters. The number of hydrogen-bond acceptors (Lipinski definition) is 4. The van der Waals surface area contributed by atoms with Crippen molar-refractivity contribution in [2.24, 2.45) is 5.41 Å². The number of rotatable bonds is 5. The first-order valence-corrected chi connectivity index (χ1v) is 8.21. The van der Waals surface area contributed by atoms with E-state index in [1.165, 1.54) is 12.0 Å². The van der Waals surface area contributed by atoms with Crippen molar-refractivity contribution in [3.05, 3.63) is 29.8 Å². The predicted octanol–water partition coefficient (Wildman–Crippen LogP) is 2.71. The number of methoxy groups -OCH3 is 2. The first-order valence-electron chi connectivity index (χ1n) is 8.21. The Morgan fingerprint density at radius 3 is 2.82 bits per heavy atom. The second-order valence-corrected chi connectivity index (χ2v) is 6.61. The highest BCUT2D eigenvalue weighted by Gasteiger charge is 2.45. The van der Waals surface area contributed by atoms with Gasteiger partial charge in [-0.3, -0.25) is 4.90 Å². The van der Waals surface area contributed by atoms with E-state index in [2.05, 4.69) is 17.0 Å². The highest BCUT2D eigenvalue weighted by Crippen LogP contribution is 2.40. The van der Waals surface area contributed by atoms with E-state index in [0.29, 0.717) is 6.10 Å². The van der Waals surface area contributed by atoms with Crippen molar-refractivity contribution in [1.82, 2.24) is 4.90 Å². The smallest absolute Gasteiger partial charge is 0.118 e. The largest absolute Gasteiger partial charge is 0.497 e. The van der Waals surface area contributed by atoms with E-state index >= 15 is 0 Å². The van der Waals surface area contributed by atoms with Gasteiger partial charge >= 0.3 is 0 Å². The Bertz CT molecular complexity index is 472. The normalized spacial score (nSPS) is 29.1. The zero-order valence-electron chi connectivity index (χ0n) is 13.7. The van der Waals surface area contributed by atoms with Crippen LogP contribution in [0.3, 0.4) is 0 Å². The fourth-order valence-electron chi connectivity index (χ4n) is 4.00. The lowest BCUT2D eigenvalue weighted by Crippen LogP contribution is -2.56. The number of hydrogen-bond donors (Lipinski definition) is 0. The first kappa shape index (κ1) is 15.8. The molecule has 2 atom stereocenters. The van der Waals surface area contributed by atoms with E-state index in [4.69, 9.17) is 14.2 Å². The molecule has 2 fully saturated rings. The summed E-state index contributed by atoms with van der Waals surface area (Å²) >= 11 is 0. The van der Waals surface area contributed by atoms with Gasteiger partial charge in [-0.2, -0.15) is 0 Å². The summed E-state index contributed by atoms with van der Waals surface area (Å²) in [7, 11) is 3.51. The van der Waals surface area contributed by atoms with Crippen molar-refractivity contribution in [2.45, 2.75) is 31.9 Å². The highest BCUT2D eigenvalue weighted by molar-refractivity contribution is 5.27. The van der Waals surface area contributed by atoms with E-state index in [9.17, 15) is 0 Å². The second-order valence-electron chi connectivity index (χ2n) is 6.61. The summed E-state index contributed by atoms with van der Waals surface area (Å²) in [4.78, 5) is 2.55. The van der Waals surface area contributed by atoms with Crippen molar-refractivity contribution in [3.8, 4) is 5.75 Å². The summed E-state index contributed by atoms with van der Waals surface area (Å²) in [5, 5.41) is 0. The van der Waals surface area contributed by atoms with E-state index < -0.39 is 0 Å². The number of nitrogens with zero attached hydrogens (tertiary/aromatic N) is 1. The summed E-state index contributed by atoms with van der Waals surface area (Å²) in [5.41, 5.74) is 1.51. The number of likely N-dealkylation sites (tertiary alicyclic amines) is 1. The zero-order valence-corrected chi connectivity index (χ0v) is 13.7. The summed E-state index contributed by atoms with van der Waals surface area (Å²) in [6.45, 7) is 4.87. The minimum atomic E-state index is 0.178. The molecule has 0 amide bonds. The average molecular weight is 305 g/mol. The van der Waals surface area contributed by atoms with Gasteiger partial charge in [0.05, 0.1) is 19.8 Å². The molecular weight excluding hydrogens is 278 g/mol. The van der Waals surface area contributed by atoms with Crippen LogP contribution in [-0.4, -0.2) is 51.5 Å². The first-order chi connectivity index (χ1) is 10.8. The highest BCUT2D eigenvalue weighted by atomic mass is 16.5. The van der Waals surface area contributed by atoms with Crippen molar-refractivity contribution in [2.75, 3.05) is 40.5 Å². The summed E-state index contributed by atoms with van der Waals surface area (Å²) in [5.74, 6) is 0.916. The van der Waals surface area contributed by atoms with Gasteiger partial charge in [0.15, 0.2) is 0 Å². The van der Waals surface area contributed by atoms with Crippen LogP contribution in [0.2, 0.25) is 0 Å². The van der Waals surface area contributed by atoms with E-state index in [0.717, 1.165) is 51.4 Å².